The van der Waals surface area contributed by atoms with E-state index in [1.165, 1.54) is 0 Å². The van der Waals surface area contributed by atoms with Gasteiger partial charge in [0.25, 0.3) is 0 Å². The fraction of sp³-hybridized carbons (Fsp3) is 0.385. The first kappa shape index (κ1) is 16.1. The molecule has 0 radical (unpaired) electrons. The van der Waals surface area contributed by atoms with Crippen molar-refractivity contribution < 1.29 is 19.4 Å². The van der Waals surface area contributed by atoms with Gasteiger partial charge in [0.1, 0.15) is 0 Å². The Bertz CT molecular complexity index is 555. The number of anilines is 1. The van der Waals surface area contributed by atoms with Crippen LogP contribution in [-0.4, -0.2) is 35.9 Å². The molecule has 0 aliphatic carbocycles. The number of halogens is 2. The van der Waals surface area contributed by atoms with Crippen molar-refractivity contribution >= 4 is 45.2 Å². The van der Waals surface area contributed by atoms with E-state index < -0.39 is 18.1 Å². The summed E-state index contributed by atoms with van der Waals surface area (Å²) in [5.74, 6) is -0.969. The standard InChI is InChI=1S/C13H14BrClN2O4/c14-7-1-3-10(9(15)5-7)17-13(20)16-6-8-2-4-11(21-8)12(18)19/h1,3,5,8,11H,2,4,6H2,(H,18,19)(H2,16,17,20). The molecule has 1 saturated heterocycles. The number of hydrogen-bond acceptors (Lipinski definition) is 3. The Morgan fingerprint density at radius 2 is 2.19 bits per heavy atom. The Morgan fingerprint density at radius 3 is 2.81 bits per heavy atom. The molecule has 0 saturated carbocycles. The first-order valence-electron chi connectivity index (χ1n) is 6.34. The van der Waals surface area contributed by atoms with Crippen molar-refractivity contribution in [2.24, 2.45) is 0 Å². The van der Waals surface area contributed by atoms with Gasteiger partial charge in [-0.1, -0.05) is 27.5 Å². The smallest absolute Gasteiger partial charge is 0.332 e. The number of aliphatic carboxylic acids is 1. The predicted octanol–water partition coefficient (Wildman–Crippen LogP) is 2.86. The molecule has 1 fully saturated rings. The number of carbonyl (C=O) groups is 2. The number of hydrogen-bond donors (Lipinski definition) is 3. The minimum atomic E-state index is -0.969. The molecule has 3 N–H and O–H groups in total. The summed E-state index contributed by atoms with van der Waals surface area (Å²) in [5, 5.41) is 14.5. The van der Waals surface area contributed by atoms with E-state index in [0.717, 1.165) is 4.47 Å². The Kier molecular flexibility index (Phi) is 5.44. The van der Waals surface area contributed by atoms with E-state index in [1.54, 1.807) is 18.2 Å². The molecule has 1 aliphatic rings. The molecule has 1 aliphatic heterocycles. The number of nitrogens with one attached hydrogen (secondary N) is 2. The van der Waals surface area contributed by atoms with Gasteiger partial charge >= 0.3 is 12.0 Å². The summed E-state index contributed by atoms with van der Waals surface area (Å²) in [7, 11) is 0. The number of urea groups is 1. The molecule has 21 heavy (non-hydrogen) atoms. The van der Waals surface area contributed by atoms with E-state index in [1.807, 2.05) is 0 Å². The number of amides is 2. The third-order valence-corrected chi connectivity index (χ3v) is 3.86. The van der Waals surface area contributed by atoms with Crippen molar-refractivity contribution in [1.29, 1.82) is 0 Å². The second kappa shape index (κ2) is 7.11. The maximum atomic E-state index is 11.8. The van der Waals surface area contributed by atoms with Crippen LogP contribution >= 0.6 is 27.5 Å². The molecule has 1 aromatic rings. The first-order chi connectivity index (χ1) is 9.95. The van der Waals surface area contributed by atoms with Crippen molar-refractivity contribution in [2.75, 3.05) is 11.9 Å². The van der Waals surface area contributed by atoms with Crippen molar-refractivity contribution in [2.45, 2.75) is 25.0 Å². The Labute approximate surface area is 134 Å². The van der Waals surface area contributed by atoms with Gasteiger partial charge < -0.3 is 20.5 Å². The maximum Gasteiger partial charge on any atom is 0.332 e. The number of carboxylic acids is 1. The van der Waals surface area contributed by atoms with Gasteiger partial charge in [-0.15, -0.1) is 0 Å². The van der Waals surface area contributed by atoms with Crippen LogP contribution in [0.1, 0.15) is 12.8 Å². The number of carbonyl (C=O) groups excluding carboxylic acids is 1. The normalized spacial score (nSPS) is 21.0. The van der Waals surface area contributed by atoms with Crippen LogP contribution in [0.3, 0.4) is 0 Å². The van der Waals surface area contributed by atoms with Crippen LogP contribution in [0.5, 0.6) is 0 Å². The summed E-state index contributed by atoms with van der Waals surface area (Å²) in [6.45, 7) is 0.254. The second-order valence-electron chi connectivity index (χ2n) is 4.62. The van der Waals surface area contributed by atoms with E-state index in [2.05, 4.69) is 26.6 Å². The molecule has 1 aromatic carbocycles. The first-order valence-corrected chi connectivity index (χ1v) is 7.51. The van der Waals surface area contributed by atoms with Gasteiger partial charge in [0.2, 0.25) is 0 Å². The zero-order valence-electron chi connectivity index (χ0n) is 10.9. The van der Waals surface area contributed by atoms with Gasteiger partial charge in [-0.3, -0.25) is 0 Å². The lowest BCUT2D eigenvalue weighted by molar-refractivity contribution is -0.149. The lowest BCUT2D eigenvalue weighted by Crippen LogP contribution is -2.36. The highest BCUT2D eigenvalue weighted by Crippen LogP contribution is 2.25. The number of rotatable bonds is 4. The van der Waals surface area contributed by atoms with Gasteiger partial charge in [-0.25, -0.2) is 9.59 Å². The molecular formula is C13H14BrClN2O4. The molecular weight excluding hydrogens is 364 g/mol. The van der Waals surface area contributed by atoms with Crippen LogP contribution in [-0.2, 0) is 9.53 Å². The van der Waals surface area contributed by atoms with Crippen LogP contribution in [0.15, 0.2) is 22.7 Å². The lowest BCUT2D eigenvalue weighted by Gasteiger charge is -2.13. The van der Waals surface area contributed by atoms with Crippen molar-refractivity contribution in [3.8, 4) is 0 Å². The molecule has 6 nitrogen and oxygen atoms in total. The molecule has 0 bridgehead atoms. The van der Waals surface area contributed by atoms with Crippen molar-refractivity contribution in [1.82, 2.24) is 5.32 Å². The van der Waals surface area contributed by atoms with Crippen LogP contribution in [0.2, 0.25) is 5.02 Å². The van der Waals surface area contributed by atoms with E-state index >= 15 is 0 Å². The summed E-state index contributed by atoms with van der Waals surface area (Å²) in [6.07, 6.45) is 0.0102. The van der Waals surface area contributed by atoms with Crippen LogP contribution in [0.25, 0.3) is 0 Å². The lowest BCUT2D eigenvalue weighted by atomic mass is 10.2. The molecule has 2 rings (SSSR count). The molecule has 114 valence electrons. The highest BCUT2D eigenvalue weighted by atomic mass is 79.9. The third-order valence-electron chi connectivity index (χ3n) is 3.05. The number of benzene rings is 1. The monoisotopic (exact) mass is 376 g/mol. The zero-order chi connectivity index (χ0) is 15.4. The summed E-state index contributed by atoms with van der Waals surface area (Å²) in [4.78, 5) is 22.5. The summed E-state index contributed by atoms with van der Waals surface area (Å²) < 4.78 is 6.11. The SMILES string of the molecule is O=C(NCC1CCC(C(=O)O)O1)Nc1ccc(Br)cc1Cl. The number of carboxylic acid groups (broad SMARTS) is 1. The topological polar surface area (TPSA) is 87.7 Å². The molecule has 2 unspecified atom stereocenters. The van der Waals surface area contributed by atoms with E-state index in [-0.39, 0.29) is 12.6 Å². The minimum absolute atomic E-state index is 0.254. The largest absolute Gasteiger partial charge is 0.479 e. The van der Waals surface area contributed by atoms with Gasteiger partial charge in [-0.05, 0) is 31.0 Å². The highest BCUT2D eigenvalue weighted by Gasteiger charge is 2.30. The van der Waals surface area contributed by atoms with Crippen molar-refractivity contribution in [3.05, 3.63) is 27.7 Å². The van der Waals surface area contributed by atoms with E-state index in [9.17, 15) is 9.59 Å². The molecule has 8 heteroatoms. The van der Waals surface area contributed by atoms with Gasteiger partial charge in [-0.2, -0.15) is 0 Å². The summed E-state index contributed by atoms with van der Waals surface area (Å²) in [5.41, 5.74) is 0.494. The average Bonchev–Trinajstić information content (AvgIpc) is 2.89. The fourth-order valence-electron chi connectivity index (χ4n) is 2.00. The Balaban J connectivity index is 1.79. The van der Waals surface area contributed by atoms with E-state index in [0.29, 0.717) is 23.6 Å². The van der Waals surface area contributed by atoms with E-state index in [4.69, 9.17) is 21.4 Å². The van der Waals surface area contributed by atoms with Crippen LogP contribution < -0.4 is 10.6 Å². The molecule has 1 heterocycles. The van der Waals surface area contributed by atoms with Crippen LogP contribution in [0, 0.1) is 0 Å². The summed E-state index contributed by atoms with van der Waals surface area (Å²) in [6, 6.07) is 4.70. The van der Waals surface area contributed by atoms with Crippen LogP contribution in [0.4, 0.5) is 10.5 Å². The fourth-order valence-corrected chi connectivity index (χ4v) is 2.72. The molecule has 0 aromatic heterocycles. The van der Waals surface area contributed by atoms with Gasteiger partial charge in [0.15, 0.2) is 6.10 Å². The summed E-state index contributed by atoms with van der Waals surface area (Å²) >= 11 is 9.27. The van der Waals surface area contributed by atoms with Gasteiger partial charge in [0.05, 0.1) is 16.8 Å². The third kappa shape index (κ3) is 4.59. The highest BCUT2D eigenvalue weighted by molar-refractivity contribution is 9.10. The minimum Gasteiger partial charge on any atom is -0.479 e. The van der Waals surface area contributed by atoms with Crippen molar-refractivity contribution in [3.63, 3.8) is 0 Å². The predicted molar refractivity (Wildman–Crippen MR) is 81.7 cm³/mol. The second-order valence-corrected chi connectivity index (χ2v) is 5.94. The number of ether oxygens (including phenoxy) is 1. The molecule has 0 spiro atoms. The molecule has 2 amide bonds. The Morgan fingerprint density at radius 1 is 1.43 bits per heavy atom. The zero-order valence-corrected chi connectivity index (χ0v) is 13.3. The Hall–Kier alpha value is -1.31. The maximum absolute atomic E-state index is 11.8. The quantitative estimate of drug-likeness (QED) is 0.753. The molecule has 2 atom stereocenters. The average molecular weight is 378 g/mol. The van der Waals surface area contributed by atoms with Gasteiger partial charge in [0, 0.05) is 11.0 Å².